The van der Waals surface area contributed by atoms with Gasteiger partial charge in [0.05, 0.1) is 67.5 Å². The third-order valence-electron chi connectivity index (χ3n) is 24.1. The molecule has 0 N–H and O–H groups in total. The van der Waals surface area contributed by atoms with E-state index >= 15 is 0 Å². The molecule has 0 spiro atoms. The molecule has 0 amide bonds. The molecule has 7 aromatic rings. The van der Waals surface area contributed by atoms with Gasteiger partial charge in [-0.15, -0.1) is 0 Å². The fourth-order valence-corrected chi connectivity index (χ4v) is 18.4. The van der Waals surface area contributed by atoms with Gasteiger partial charge in [0.15, 0.2) is 5.69 Å². The van der Waals surface area contributed by atoms with Crippen LogP contribution in [0.3, 0.4) is 0 Å². The predicted octanol–water partition coefficient (Wildman–Crippen LogP) is 32.8. The normalized spacial score (nSPS) is 14.7. The average Bonchev–Trinajstić information content (AvgIpc) is 1.68. The highest BCUT2D eigenvalue weighted by atomic mass is 19.4. The van der Waals surface area contributed by atoms with Crippen molar-refractivity contribution in [1.82, 2.24) is 49.3 Å². The summed E-state index contributed by atoms with van der Waals surface area (Å²) in [5.74, 6) is 6.04. The van der Waals surface area contributed by atoms with E-state index in [0.29, 0.717) is 76.6 Å². The molecule has 7 aromatic heterocycles. The predicted molar refractivity (Wildman–Crippen MR) is 566 cm³/mol. The second-order valence-corrected chi connectivity index (χ2v) is 40.6. The van der Waals surface area contributed by atoms with Gasteiger partial charge in [-0.05, 0) is 323 Å². The zero-order valence-electron chi connectivity index (χ0n) is 92.9. The highest BCUT2D eigenvalue weighted by molar-refractivity contribution is 6.04. The molecule has 0 atom stereocenters. The maximum Gasteiger partial charge on any atom is 0.452 e. The van der Waals surface area contributed by atoms with Crippen LogP contribution in [0.1, 0.15) is 410 Å². The topological polar surface area (TPSA) is 185 Å². The van der Waals surface area contributed by atoms with E-state index in [-0.39, 0.29) is 17.4 Å². The van der Waals surface area contributed by atoms with Crippen molar-refractivity contribution in [2.75, 3.05) is 32.7 Å². The Labute approximate surface area is 818 Å². The Bertz CT molecular complexity index is 5070. The minimum atomic E-state index is -4.44. The molecule has 1 aliphatic carbocycles. The van der Waals surface area contributed by atoms with E-state index in [4.69, 9.17) is 4.42 Å². The summed E-state index contributed by atoms with van der Waals surface area (Å²) in [7, 11) is 3.51. The molecule has 0 saturated carbocycles. The summed E-state index contributed by atoms with van der Waals surface area (Å²) < 4.78 is 90.2. The van der Waals surface area contributed by atoms with E-state index < -0.39 is 23.8 Å². The van der Waals surface area contributed by atoms with Crippen molar-refractivity contribution in [2.45, 2.75) is 384 Å². The lowest BCUT2D eigenvalue weighted by Crippen LogP contribution is -2.08. The van der Waals surface area contributed by atoms with Gasteiger partial charge in [-0.25, -0.2) is 4.68 Å². The summed E-state index contributed by atoms with van der Waals surface area (Å²) in [5, 5.41) is 19.9. The van der Waals surface area contributed by atoms with Crippen molar-refractivity contribution >= 4 is 28.6 Å². The molecule has 23 heteroatoms. The van der Waals surface area contributed by atoms with Gasteiger partial charge in [0.2, 0.25) is 5.76 Å². The molecule has 5 aliphatic heterocycles. The zero-order valence-corrected chi connectivity index (χ0v) is 92.9. The van der Waals surface area contributed by atoms with Crippen molar-refractivity contribution < 1.29 is 35.3 Å². The Kier molecular flexibility index (Phi) is 51.6. The van der Waals surface area contributed by atoms with Crippen LogP contribution in [0.4, 0.5) is 26.3 Å². The first kappa shape index (κ1) is 123. The van der Waals surface area contributed by atoms with Crippen LogP contribution in [-0.2, 0) is 26.4 Å². The van der Waals surface area contributed by atoms with E-state index in [0.717, 1.165) is 80.2 Å². The second kappa shape index (κ2) is 57.2. The van der Waals surface area contributed by atoms with Gasteiger partial charge in [-0.2, -0.15) is 46.7 Å². The van der Waals surface area contributed by atoms with Crippen molar-refractivity contribution in [2.24, 2.45) is 74.6 Å². The van der Waals surface area contributed by atoms with Crippen LogP contribution >= 0.6 is 0 Å². The molecule has 17 nitrogen and oxygen atoms in total. The van der Waals surface area contributed by atoms with Crippen LogP contribution in [0.25, 0.3) is 5.69 Å². The van der Waals surface area contributed by atoms with Crippen molar-refractivity contribution in [1.29, 1.82) is 0 Å². The Morgan fingerprint density at radius 1 is 0.375 bits per heavy atom. The van der Waals surface area contributed by atoms with Crippen LogP contribution in [0.5, 0.6) is 0 Å². The number of alkyl halides is 6. The Morgan fingerprint density at radius 3 is 1.03 bits per heavy atom. The van der Waals surface area contributed by atoms with Gasteiger partial charge in [-0.3, -0.25) is 44.0 Å². The SMILES string of the molecule is CC(C)c1cc(C(F)(F)F)nn1C.CC1=CCC(C)=C1C(C)C.CC1=NCC(C)=C1C(C)C.CC1=NCC(C)=C1C(C)C.CC1=NCC(C)=C1C(C)C.CCC1=NCC(C)=C1C(C)C.CCC1=NCC(CC)=C1C(C)C.Cc1cc(C(C)C)n(-c2ccncc2)n1.Cc1cc(C(C)C)n(C(C)C)n1.Cc1cc(C(C)C)n(C)n1.Cc1coc(C)c1C(C)C.Cc1noc(C(F)(F)F)c1C(C)C. The fourth-order valence-electron chi connectivity index (χ4n) is 18.4. The van der Waals surface area contributed by atoms with Crippen LogP contribution in [0, 0.1) is 77.0 Å². The van der Waals surface area contributed by atoms with Crippen LogP contribution in [0.15, 0.2) is 167 Å². The summed E-state index contributed by atoms with van der Waals surface area (Å²) in [4.78, 5) is 26.1. The number of aliphatic imine (C=N–C) groups is 5. The highest BCUT2D eigenvalue weighted by Gasteiger charge is 2.40. The minimum Gasteiger partial charge on any atom is -0.469 e. The number of hydrogen-bond donors (Lipinski definition) is 0. The smallest absolute Gasteiger partial charge is 0.452 e. The van der Waals surface area contributed by atoms with Crippen LogP contribution in [-0.4, -0.2) is 111 Å². The number of halogens is 6. The maximum absolute atomic E-state index is 12.3. The molecule has 0 unspecified atom stereocenters. The number of hydrogen-bond acceptors (Lipinski definition) is 13. The monoisotopic (exact) mass is 1890 g/mol. The first-order valence-electron chi connectivity index (χ1n) is 49.7. The first-order chi connectivity index (χ1) is 63.0. The highest BCUT2D eigenvalue weighted by Crippen LogP contribution is 2.38. The summed E-state index contributed by atoms with van der Waals surface area (Å²) >= 11 is 0. The lowest BCUT2D eigenvalue weighted by molar-refractivity contribution is -0.156. The Balaban J connectivity index is 0.000000503. The van der Waals surface area contributed by atoms with Gasteiger partial charge in [0.25, 0.3) is 0 Å². The summed E-state index contributed by atoms with van der Waals surface area (Å²) in [6, 6.07) is 11.9. The molecular weight excluding hydrogens is 1710 g/mol. The molecule has 0 radical (unpaired) electrons. The lowest BCUT2D eigenvalue weighted by atomic mass is 9.93. The third kappa shape index (κ3) is 37.7. The summed E-state index contributed by atoms with van der Waals surface area (Å²) in [6.45, 7) is 98.2. The number of aryl methyl sites for hydroxylation is 8. The number of pyridine rings is 1. The number of aromatic nitrogens is 10. The van der Waals surface area contributed by atoms with Gasteiger partial charge >= 0.3 is 12.4 Å². The largest absolute Gasteiger partial charge is 0.469 e. The molecule has 6 aliphatic rings. The zero-order chi connectivity index (χ0) is 104. The van der Waals surface area contributed by atoms with Crippen LogP contribution in [0.2, 0.25) is 0 Å². The molecular formula is C113H179F6N15O2. The molecule has 12 heterocycles. The minimum absolute atomic E-state index is 0.0496. The summed E-state index contributed by atoms with van der Waals surface area (Å²) in [6.07, 6.45) is 3.47. The van der Waals surface area contributed by atoms with Crippen LogP contribution < -0.4 is 0 Å². The van der Waals surface area contributed by atoms with E-state index in [2.05, 4.69) is 331 Å². The second-order valence-electron chi connectivity index (χ2n) is 40.6. The number of allylic oxidation sites excluding steroid dienone is 9. The van der Waals surface area contributed by atoms with Gasteiger partial charge in [0.1, 0.15) is 5.76 Å². The van der Waals surface area contributed by atoms with E-state index in [1.165, 1.54) is 138 Å². The standard InChI is InChI=1S/C12H15N3.C11H19N.C10H18N2.C10H17N.C10H16.3C9H15N.C9H14O.C8H11F3N2.C8H10F3NO.C8H14N2/c1-9(2)12-8-10(3)14-15(12)11-4-6-13-7-5-11;1-5-9-7-12-10(6-2)11(9)8(3)4;1-7(2)10-6-9(5)11-12(10)8(3)4;1-5-9-10(7(2)3)8(4)6-11-9;1-7(2)10-8(3)5-6-9(10)4;4*1-6(2)9-7(3)5-10-8(9)4;1-5(2)6-4-7(8(9,10)11)12-13(6)3;1-4(2)6-5(3)12-13-7(6)8(9,10)11;1-6(2)8-5-7(3)9-10(8)4/h4-9H,1-3H3;8H,5-7H2,1-4H3;6-8H,1-5H3;7H,5-6H2,1-4H3;5,7H,6H2,1-4H3;3*6H,5H2,1-4H3;5-6H,1-4H3;4-5H,1-3H3;4H,1-3H3;5-6H,1-4H3. The lowest BCUT2D eigenvalue weighted by Gasteiger charge is -2.12. The van der Waals surface area contributed by atoms with Crippen molar-refractivity contribution in [3.8, 4) is 5.69 Å². The average molecular weight is 1890 g/mol. The van der Waals surface area contributed by atoms with Gasteiger partial charge in [0, 0.05) is 89.4 Å². The molecule has 0 fully saturated rings. The van der Waals surface area contributed by atoms with Gasteiger partial charge < -0.3 is 8.94 Å². The number of furan rings is 1. The van der Waals surface area contributed by atoms with Crippen molar-refractivity contribution in [3.05, 3.63) is 213 Å². The molecule has 0 aromatic carbocycles. The fraction of sp³-hybridized carbons (Fsp3) is 0.619. The Morgan fingerprint density at radius 2 is 0.757 bits per heavy atom. The van der Waals surface area contributed by atoms with E-state index in [9.17, 15) is 26.3 Å². The summed E-state index contributed by atoms with van der Waals surface area (Å²) in [5.41, 5.74) is 37.0. The molecule has 0 saturated heterocycles. The molecule has 13 rings (SSSR count). The quantitative estimate of drug-likeness (QED) is 0.0806. The first-order valence-corrected chi connectivity index (χ1v) is 49.7. The number of nitrogens with zero attached hydrogens (tertiary/aromatic N) is 15. The van der Waals surface area contributed by atoms with E-state index in [1.54, 1.807) is 48.5 Å². The van der Waals surface area contributed by atoms with Crippen molar-refractivity contribution in [3.63, 3.8) is 0 Å². The Hall–Kier alpha value is -9.41. The third-order valence-corrected chi connectivity index (χ3v) is 24.1. The number of rotatable bonds is 17. The maximum atomic E-state index is 12.3. The molecule has 136 heavy (non-hydrogen) atoms. The van der Waals surface area contributed by atoms with Gasteiger partial charge in [-0.1, -0.05) is 209 Å². The molecule has 0 bridgehead atoms. The van der Waals surface area contributed by atoms with E-state index in [1.807, 2.05) is 76.3 Å². The molecule has 760 valence electrons.